The van der Waals surface area contributed by atoms with E-state index in [4.69, 9.17) is 0 Å². The lowest BCUT2D eigenvalue weighted by Crippen LogP contribution is -2.17. The second-order valence-corrected chi connectivity index (χ2v) is 8.66. The fraction of sp³-hybridized carbons (Fsp3) is 0.111. The molecule has 0 spiro atoms. The van der Waals surface area contributed by atoms with Crippen molar-refractivity contribution in [1.82, 2.24) is 25.3 Å². The second-order valence-electron chi connectivity index (χ2n) is 5.78. The Morgan fingerprint density at radius 2 is 1.90 bits per heavy atom. The summed E-state index contributed by atoms with van der Waals surface area (Å²) in [5.74, 6) is 0.0883. The Kier molecular flexibility index (Phi) is 5.69. The summed E-state index contributed by atoms with van der Waals surface area (Å²) in [5, 5.41) is 10.2. The van der Waals surface area contributed by atoms with E-state index in [9.17, 15) is 9.59 Å². The molecule has 0 saturated carbocycles. The topological polar surface area (TPSA) is 110 Å². The molecule has 29 heavy (non-hydrogen) atoms. The molecule has 0 fully saturated rings. The summed E-state index contributed by atoms with van der Waals surface area (Å²) in [6, 6.07) is 5.63. The highest BCUT2D eigenvalue weighted by Gasteiger charge is 2.15. The monoisotopic (exact) mass is 442 g/mol. The maximum Gasteiger partial charge on any atom is 0.276 e. The summed E-state index contributed by atoms with van der Waals surface area (Å²) < 4.78 is 0. The van der Waals surface area contributed by atoms with E-state index >= 15 is 0 Å². The number of hydrogen-bond donors (Lipinski definition) is 2. The van der Waals surface area contributed by atoms with Gasteiger partial charge in [-0.2, -0.15) is 0 Å². The number of anilines is 1. The fourth-order valence-electron chi connectivity index (χ4n) is 2.32. The molecule has 0 unspecified atom stereocenters. The number of thiazole rings is 2. The Morgan fingerprint density at radius 1 is 1.07 bits per heavy atom. The molecule has 0 aliphatic rings. The second kappa shape index (κ2) is 8.55. The molecule has 11 heteroatoms. The molecule has 4 aromatic heterocycles. The quantitative estimate of drug-likeness (QED) is 0.471. The molecule has 8 nitrogen and oxygen atoms in total. The van der Waals surface area contributed by atoms with Crippen LogP contribution in [-0.2, 0) is 11.3 Å². The van der Waals surface area contributed by atoms with E-state index in [2.05, 4.69) is 30.6 Å². The zero-order valence-corrected chi connectivity index (χ0v) is 17.5. The Morgan fingerprint density at radius 3 is 2.69 bits per heavy atom. The third kappa shape index (κ3) is 4.70. The maximum absolute atomic E-state index is 12.5. The molecule has 4 heterocycles. The van der Waals surface area contributed by atoms with Crippen molar-refractivity contribution in [2.75, 3.05) is 5.32 Å². The van der Waals surface area contributed by atoms with Crippen LogP contribution >= 0.6 is 34.0 Å². The van der Waals surface area contributed by atoms with Crippen molar-refractivity contribution >= 4 is 51.0 Å². The first-order valence-electron chi connectivity index (χ1n) is 8.42. The summed E-state index contributed by atoms with van der Waals surface area (Å²) in [7, 11) is 0. The third-order valence-electron chi connectivity index (χ3n) is 3.64. The van der Waals surface area contributed by atoms with Gasteiger partial charge in [-0.25, -0.2) is 19.9 Å². The molecule has 0 aliphatic heterocycles. The zero-order valence-electron chi connectivity index (χ0n) is 15.1. The van der Waals surface area contributed by atoms with E-state index < -0.39 is 0 Å². The minimum absolute atomic E-state index is 0.0670. The number of carbonyl (C=O) groups excluding carboxylic acids is 2. The molecule has 0 atom stereocenters. The van der Waals surface area contributed by atoms with Crippen molar-refractivity contribution < 1.29 is 9.59 Å². The van der Waals surface area contributed by atoms with Crippen LogP contribution in [0, 0.1) is 0 Å². The minimum Gasteiger partial charge on any atom is -0.351 e. The summed E-state index contributed by atoms with van der Waals surface area (Å²) in [6.07, 6.45) is 3.26. The number of hydrogen-bond acceptors (Lipinski definition) is 9. The van der Waals surface area contributed by atoms with Crippen molar-refractivity contribution in [2.24, 2.45) is 0 Å². The predicted octanol–water partition coefficient (Wildman–Crippen LogP) is 3.67. The summed E-state index contributed by atoms with van der Waals surface area (Å²) in [4.78, 5) is 42.6. The molecular weight excluding hydrogens is 428 g/mol. The van der Waals surface area contributed by atoms with Gasteiger partial charge < -0.3 is 5.32 Å². The van der Waals surface area contributed by atoms with Crippen molar-refractivity contribution in [1.29, 1.82) is 0 Å². The van der Waals surface area contributed by atoms with Gasteiger partial charge in [0.2, 0.25) is 5.91 Å². The molecule has 0 bridgehead atoms. The first-order chi connectivity index (χ1) is 14.1. The average Bonchev–Trinajstić information content (AvgIpc) is 3.47. The van der Waals surface area contributed by atoms with Gasteiger partial charge in [-0.15, -0.1) is 34.0 Å². The smallest absolute Gasteiger partial charge is 0.276 e. The van der Waals surface area contributed by atoms with Crippen LogP contribution in [0.3, 0.4) is 0 Å². The Labute approximate surface area is 177 Å². The highest BCUT2D eigenvalue weighted by atomic mass is 32.1. The molecule has 0 saturated heterocycles. The van der Waals surface area contributed by atoms with Crippen molar-refractivity contribution in [2.45, 2.75) is 13.5 Å². The number of rotatable bonds is 6. The maximum atomic E-state index is 12.5. The van der Waals surface area contributed by atoms with Gasteiger partial charge in [-0.3, -0.25) is 14.9 Å². The standard InChI is InChI=1S/C18H14N6O2S3/c1-10(25)21-7-11-3-4-14(29-11)12-8-28-18(23-12)24-16(26)13-9-27-17(22-13)15-19-5-2-6-20-15/h2-6,8-9H,7H2,1H3,(H,21,25)(H,23,24,26). The van der Waals surface area contributed by atoms with Crippen LogP contribution < -0.4 is 10.6 Å². The fourth-order valence-corrected chi connectivity index (χ4v) is 4.75. The molecule has 146 valence electrons. The summed E-state index contributed by atoms with van der Waals surface area (Å²) >= 11 is 4.20. The lowest BCUT2D eigenvalue weighted by atomic mass is 10.3. The molecule has 2 N–H and O–H groups in total. The highest BCUT2D eigenvalue weighted by molar-refractivity contribution is 7.17. The number of amides is 2. The van der Waals surface area contributed by atoms with E-state index in [0.29, 0.717) is 28.2 Å². The van der Waals surface area contributed by atoms with Crippen molar-refractivity contribution in [3.63, 3.8) is 0 Å². The molecule has 0 aromatic carbocycles. The molecule has 0 radical (unpaired) electrons. The van der Waals surface area contributed by atoms with E-state index in [0.717, 1.165) is 15.4 Å². The van der Waals surface area contributed by atoms with E-state index in [1.54, 1.807) is 35.2 Å². The van der Waals surface area contributed by atoms with Gasteiger partial charge in [-0.1, -0.05) is 0 Å². The normalized spacial score (nSPS) is 10.7. The lowest BCUT2D eigenvalue weighted by Gasteiger charge is -1.98. The van der Waals surface area contributed by atoms with Crippen LogP contribution in [0.1, 0.15) is 22.3 Å². The van der Waals surface area contributed by atoms with Crippen LogP contribution in [0.2, 0.25) is 0 Å². The predicted molar refractivity (Wildman–Crippen MR) is 114 cm³/mol. The number of nitrogens with one attached hydrogen (secondary N) is 2. The van der Waals surface area contributed by atoms with Crippen molar-refractivity contribution in [3.05, 3.63) is 51.9 Å². The number of aromatic nitrogens is 4. The Hall–Kier alpha value is -3.02. The zero-order chi connectivity index (χ0) is 20.2. The van der Waals surface area contributed by atoms with Crippen molar-refractivity contribution in [3.8, 4) is 21.4 Å². The Balaban J connectivity index is 1.42. The first kappa shape index (κ1) is 19.3. The minimum atomic E-state index is -0.332. The van der Waals surface area contributed by atoms with Gasteiger partial charge in [0.05, 0.1) is 17.1 Å². The Bertz CT molecular complexity index is 1150. The van der Waals surface area contributed by atoms with Gasteiger partial charge in [0.1, 0.15) is 5.69 Å². The van der Waals surface area contributed by atoms with Crippen LogP contribution in [-0.4, -0.2) is 31.8 Å². The van der Waals surface area contributed by atoms with E-state index in [1.165, 1.54) is 29.6 Å². The molecule has 4 rings (SSSR count). The van der Waals surface area contributed by atoms with Gasteiger partial charge in [-0.05, 0) is 18.2 Å². The average molecular weight is 443 g/mol. The largest absolute Gasteiger partial charge is 0.351 e. The molecule has 0 aliphatic carbocycles. The van der Waals surface area contributed by atoms with Crippen LogP contribution in [0.4, 0.5) is 5.13 Å². The molecule has 2 amide bonds. The summed E-state index contributed by atoms with van der Waals surface area (Å²) in [5.41, 5.74) is 1.07. The number of nitrogens with zero attached hydrogens (tertiary/aromatic N) is 4. The highest BCUT2D eigenvalue weighted by Crippen LogP contribution is 2.31. The third-order valence-corrected chi connectivity index (χ3v) is 6.35. The lowest BCUT2D eigenvalue weighted by molar-refractivity contribution is -0.119. The van der Waals surface area contributed by atoms with Gasteiger partial charge in [0.25, 0.3) is 5.91 Å². The van der Waals surface area contributed by atoms with Gasteiger partial charge in [0.15, 0.2) is 16.0 Å². The SMILES string of the molecule is CC(=O)NCc1ccc(-c2csc(NC(=O)c3csc(-c4ncccn4)n3)n2)s1. The van der Waals surface area contributed by atoms with Crippen LogP contribution in [0.15, 0.2) is 41.4 Å². The van der Waals surface area contributed by atoms with E-state index in [-0.39, 0.29) is 11.8 Å². The number of thiophene rings is 1. The first-order valence-corrected chi connectivity index (χ1v) is 11.0. The molecule has 4 aromatic rings. The summed E-state index contributed by atoms with van der Waals surface area (Å²) in [6.45, 7) is 1.98. The van der Waals surface area contributed by atoms with E-state index in [1.807, 2.05) is 17.5 Å². The van der Waals surface area contributed by atoms with Gasteiger partial charge in [0, 0.05) is 35.0 Å². The molecular formula is C18H14N6O2S3. The number of carbonyl (C=O) groups is 2. The van der Waals surface area contributed by atoms with Gasteiger partial charge >= 0.3 is 0 Å². The van der Waals surface area contributed by atoms with Crippen LogP contribution in [0.25, 0.3) is 21.4 Å². The van der Waals surface area contributed by atoms with Crippen LogP contribution in [0.5, 0.6) is 0 Å².